The van der Waals surface area contributed by atoms with E-state index in [9.17, 15) is 4.79 Å². The van der Waals surface area contributed by atoms with Gasteiger partial charge in [0.2, 0.25) is 5.91 Å². The molecule has 2 aromatic carbocycles. The maximum Gasteiger partial charge on any atom is 0.238 e. The lowest BCUT2D eigenvalue weighted by Crippen LogP contribution is -2.44. The van der Waals surface area contributed by atoms with Gasteiger partial charge in [-0.15, -0.1) is 0 Å². The standard InChI is InChI=1S/C19H20N2O/c22-19(18-16-11-15(16)12-20-18)21-17(13-7-3-1-4-8-13)14-9-5-2-6-10-14/h1-10,15-18,20H,11-12H2,(H,21,22)/t15-,16+,18?/m0/s1. The highest BCUT2D eigenvalue weighted by molar-refractivity contribution is 5.84. The van der Waals surface area contributed by atoms with E-state index in [-0.39, 0.29) is 18.0 Å². The van der Waals surface area contributed by atoms with Crippen molar-refractivity contribution in [2.45, 2.75) is 18.5 Å². The van der Waals surface area contributed by atoms with E-state index in [0.717, 1.165) is 23.6 Å². The highest BCUT2D eigenvalue weighted by Crippen LogP contribution is 2.45. The first-order chi connectivity index (χ1) is 10.8. The zero-order valence-corrected chi connectivity index (χ0v) is 12.4. The van der Waals surface area contributed by atoms with E-state index < -0.39 is 0 Å². The SMILES string of the molecule is O=C(NC(c1ccccc1)c1ccccc1)C1NC[C@@H]2C[C@@H]12. The second kappa shape index (κ2) is 5.58. The van der Waals surface area contributed by atoms with Crippen LogP contribution in [0.4, 0.5) is 0 Å². The third kappa shape index (κ3) is 2.53. The molecule has 112 valence electrons. The molecule has 1 unspecified atom stereocenters. The highest BCUT2D eigenvalue weighted by atomic mass is 16.2. The van der Waals surface area contributed by atoms with Gasteiger partial charge < -0.3 is 10.6 Å². The molecule has 1 heterocycles. The van der Waals surface area contributed by atoms with Crippen LogP contribution in [0.15, 0.2) is 60.7 Å². The van der Waals surface area contributed by atoms with Crippen molar-refractivity contribution in [2.24, 2.45) is 11.8 Å². The Morgan fingerprint density at radius 1 is 1.00 bits per heavy atom. The Morgan fingerprint density at radius 3 is 2.05 bits per heavy atom. The van der Waals surface area contributed by atoms with Gasteiger partial charge in [-0.25, -0.2) is 0 Å². The van der Waals surface area contributed by atoms with Crippen LogP contribution in [0.1, 0.15) is 23.6 Å². The lowest BCUT2D eigenvalue weighted by molar-refractivity contribution is -0.123. The molecule has 3 atom stereocenters. The van der Waals surface area contributed by atoms with Gasteiger partial charge in [-0.3, -0.25) is 4.79 Å². The molecular weight excluding hydrogens is 272 g/mol. The third-order valence-electron chi connectivity index (χ3n) is 4.84. The molecule has 1 saturated heterocycles. The number of hydrogen-bond acceptors (Lipinski definition) is 2. The summed E-state index contributed by atoms with van der Waals surface area (Å²) in [5.74, 6) is 1.40. The van der Waals surface area contributed by atoms with E-state index in [2.05, 4.69) is 34.9 Å². The molecule has 0 aromatic heterocycles. The zero-order valence-electron chi connectivity index (χ0n) is 12.4. The second-order valence-corrected chi connectivity index (χ2v) is 6.31. The summed E-state index contributed by atoms with van der Waals surface area (Å²) < 4.78 is 0. The van der Waals surface area contributed by atoms with E-state index in [4.69, 9.17) is 0 Å². The summed E-state index contributed by atoms with van der Waals surface area (Å²) in [5.41, 5.74) is 2.24. The fraction of sp³-hybridized carbons (Fsp3) is 0.316. The fourth-order valence-electron chi connectivity index (χ4n) is 3.51. The second-order valence-electron chi connectivity index (χ2n) is 6.31. The molecule has 22 heavy (non-hydrogen) atoms. The summed E-state index contributed by atoms with van der Waals surface area (Å²) in [6, 6.07) is 20.2. The summed E-state index contributed by atoms with van der Waals surface area (Å²) in [6.07, 6.45) is 1.20. The van der Waals surface area contributed by atoms with Crippen LogP contribution in [-0.4, -0.2) is 18.5 Å². The van der Waals surface area contributed by atoms with Crippen molar-refractivity contribution in [3.05, 3.63) is 71.8 Å². The Hall–Kier alpha value is -2.13. The summed E-state index contributed by atoms with van der Waals surface area (Å²) in [5, 5.41) is 6.60. The number of carbonyl (C=O) groups is 1. The van der Waals surface area contributed by atoms with Gasteiger partial charge >= 0.3 is 0 Å². The van der Waals surface area contributed by atoms with Gasteiger partial charge in [-0.05, 0) is 35.9 Å². The van der Waals surface area contributed by atoms with Gasteiger partial charge in [0.25, 0.3) is 0 Å². The smallest absolute Gasteiger partial charge is 0.238 e. The van der Waals surface area contributed by atoms with Gasteiger partial charge in [0.1, 0.15) is 0 Å². The number of amides is 1. The van der Waals surface area contributed by atoms with Gasteiger partial charge in [0, 0.05) is 0 Å². The van der Waals surface area contributed by atoms with Crippen LogP contribution in [0.5, 0.6) is 0 Å². The molecule has 4 rings (SSSR count). The maximum atomic E-state index is 12.7. The first-order valence-corrected chi connectivity index (χ1v) is 7.96. The first-order valence-electron chi connectivity index (χ1n) is 7.96. The van der Waals surface area contributed by atoms with Gasteiger partial charge in [0.05, 0.1) is 12.1 Å². The van der Waals surface area contributed by atoms with Crippen molar-refractivity contribution in [3.63, 3.8) is 0 Å². The lowest BCUT2D eigenvalue weighted by atomic mass is 9.98. The predicted molar refractivity (Wildman–Crippen MR) is 86.3 cm³/mol. The molecule has 0 bridgehead atoms. The van der Waals surface area contributed by atoms with Gasteiger partial charge in [-0.1, -0.05) is 60.7 Å². The minimum Gasteiger partial charge on any atom is -0.344 e. The molecule has 1 saturated carbocycles. The van der Waals surface area contributed by atoms with Crippen LogP contribution >= 0.6 is 0 Å². The first kappa shape index (κ1) is 13.5. The monoisotopic (exact) mass is 292 g/mol. The number of piperidine rings is 1. The van der Waals surface area contributed by atoms with Crippen LogP contribution in [-0.2, 0) is 4.79 Å². The topological polar surface area (TPSA) is 41.1 Å². The summed E-state index contributed by atoms with van der Waals surface area (Å²) in [4.78, 5) is 12.7. The lowest BCUT2D eigenvalue weighted by Gasteiger charge is -2.22. The molecule has 3 nitrogen and oxygen atoms in total. The van der Waals surface area contributed by atoms with E-state index in [1.807, 2.05) is 36.4 Å². The number of rotatable bonds is 4. The summed E-state index contributed by atoms with van der Waals surface area (Å²) in [6.45, 7) is 0.990. The van der Waals surface area contributed by atoms with Crippen LogP contribution in [0.3, 0.4) is 0 Å². The van der Waals surface area contributed by atoms with Gasteiger partial charge in [-0.2, -0.15) is 0 Å². The van der Waals surface area contributed by atoms with Crippen LogP contribution in [0.2, 0.25) is 0 Å². The Balaban J connectivity index is 1.59. The minimum absolute atomic E-state index is 0.0140. The third-order valence-corrected chi connectivity index (χ3v) is 4.84. The molecular formula is C19H20N2O. The number of benzene rings is 2. The van der Waals surface area contributed by atoms with Crippen LogP contribution in [0.25, 0.3) is 0 Å². The Morgan fingerprint density at radius 2 is 1.59 bits per heavy atom. The number of fused-ring (bicyclic) bond motifs is 1. The molecule has 2 N–H and O–H groups in total. The molecule has 0 radical (unpaired) electrons. The van der Waals surface area contributed by atoms with E-state index in [1.165, 1.54) is 6.42 Å². The van der Waals surface area contributed by atoms with Crippen LogP contribution < -0.4 is 10.6 Å². The molecule has 2 aliphatic rings. The van der Waals surface area contributed by atoms with Crippen LogP contribution in [0, 0.1) is 11.8 Å². The molecule has 1 amide bonds. The summed E-state index contributed by atoms with van der Waals surface area (Å²) in [7, 11) is 0. The van der Waals surface area contributed by atoms with Crippen molar-refractivity contribution >= 4 is 5.91 Å². The molecule has 1 aliphatic heterocycles. The average Bonchev–Trinajstić information content (AvgIpc) is 3.24. The van der Waals surface area contributed by atoms with Crippen molar-refractivity contribution in [1.29, 1.82) is 0 Å². The van der Waals surface area contributed by atoms with Crippen molar-refractivity contribution in [2.75, 3.05) is 6.54 Å². The molecule has 1 aliphatic carbocycles. The fourth-order valence-corrected chi connectivity index (χ4v) is 3.51. The van der Waals surface area contributed by atoms with Crippen molar-refractivity contribution in [3.8, 4) is 0 Å². The average molecular weight is 292 g/mol. The Labute approximate surface area is 130 Å². The predicted octanol–water partition coefficient (Wildman–Crippen LogP) is 2.50. The van der Waals surface area contributed by atoms with Crippen molar-refractivity contribution in [1.82, 2.24) is 10.6 Å². The number of hydrogen-bond donors (Lipinski definition) is 2. The minimum atomic E-state index is -0.0884. The molecule has 0 spiro atoms. The summed E-state index contributed by atoms with van der Waals surface area (Å²) >= 11 is 0. The van der Waals surface area contributed by atoms with Crippen molar-refractivity contribution < 1.29 is 4.79 Å². The van der Waals surface area contributed by atoms with E-state index in [0.29, 0.717) is 5.92 Å². The Kier molecular flexibility index (Phi) is 3.43. The largest absolute Gasteiger partial charge is 0.344 e. The number of nitrogens with one attached hydrogen (secondary N) is 2. The highest BCUT2D eigenvalue weighted by Gasteiger charge is 2.51. The molecule has 2 fully saturated rings. The molecule has 2 aromatic rings. The van der Waals surface area contributed by atoms with E-state index >= 15 is 0 Å². The quantitative estimate of drug-likeness (QED) is 0.909. The zero-order chi connectivity index (χ0) is 14.9. The maximum absolute atomic E-state index is 12.7. The molecule has 3 heteroatoms. The normalized spacial score (nSPS) is 25.8. The van der Waals surface area contributed by atoms with Gasteiger partial charge in [0.15, 0.2) is 0 Å². The van der Waals surface area contributed by atoms with E-state index in [1.54, 1.807) is 0 Å². The Bertz CT molecular complexity index is 616. The number of carbonyl (C=O) groups excluding carboxylic acids is 1.